The summed E-state index contributed by atoms with van der Waals surface area (Å²) in [4.78, 5) is 23.8. The van der Waals surface area contributed by atoms with Crippen LogP contribution in [0.5, 0.6) is 0 Å². The second-order valence-corrected chi connectivity index (χ2v) is 6.31. The van der Waals surface area contributed by atoms with Gasteiger partial charge in [-0.25, -0.2) is 0 Å². The first-order valence-corrected chi connectivity index (χ1v) is 7.90. The van der Waals surface area contributed by atoms with Crippen LogP contribution in [-0.2, 0) is 16.1 Å². The van der Waals surface area contributed by atoms with Crippen molar-refractivity contribution in [2.24, 2.45) is 17.6 Å². The van der Waals surface area contributed by atoms with Gasteiger partial charge in [0.2, 0.25) is 11.8 Å². The fraction of sp³-hybridized carbons (Fsp3) is 0.529. The lowest BCUT2D eigenvalue weighted by Gasteiger charge is -2.24. The maximum Gasteiger partial charge on any atom is 0.237 e. The highest BCUT2D eigenvalue weighted by atomic mass is 16.2. The van der Waals surface area contributed by atoms with Crippen molar-refractivity contribution in [2.45, 2.75) is 45.7 Å². The highest BCUT2D eigenvalue weighted by molar-refractivity contribution is 5.93. The maximum absolute atomic E-state index is 11.9. The van der Waals surface area contributed by atoms with Gasteiger partial charge < -0.3 is 16.4 Å². The molecule has 0 aromatic heterocycles. The number of hydrogen-bond donors (Lipinski definition) is 3. The normalized spacial score (nSPS) is 16.0. The molecule has 120 valence electrons. The Balaban J connectivity index is 1.88. The summed E-state index contributed by atoms with van der Waals surface area (Å²) in [6.45, 7) is 4.24. The van der Waals surface area contributed by atoms with E-state index < -0.39 is 6.04 Å². The molecule has 1 aromatic rings. The molecular formula is C17H25N3O2. The van der Waals surface area contributed by atoms with Gasteiger partial charge >= 0.3 is 0 Å². The van der Waals surface area contributed by atoms with Crippen LogP contribution >= 0.6 is 0 Å². The van der Waals surface area contributed by atoms with E-state index in [2.05, 4.69) is 10.6 Å². The highest BCUT2D eigenvalue weighted by Gasteiger charge is 2.25. The number of anilines is 1. The maximum atomic E-state index is 11.9. The van der Waals surface area contributed by atoms with Gasteiger partial charge in [0.25, 0.3) is 0 Å². The number of carbonyl (C=O) groups is 2. The molecule has 0 aliphatic heterocycles. The Hall–Kier alpha value is -1.88. The van der Waals surface area contributed by atoms with Gasteiger partial charge in [-0.15, -0.1) is 0 Å². The summed E-state index contributed by atoms with van der Waals surface area (Å²) < 4.78 is 0. The Morgan fingerprint density at radius 3 is 2.64 bits per heavy atom. The lowest BCUT2D eigenvalue weighted by Crippen LogP contribution is -2.43. The summed E-state index contributed by atoms with van der Waals surface area (Å²) in [6.07, 6.45) is 3.10. The molecule has 22 heavy (non-hydrogen) atoms. The molecule has 1 aliphatic rings. The van der Waals surface area contributed by atoms with E-state index in [9.17, 15) is 9.59 Å². The molecule has 0 radical (unpaired) electrons. The Labute approximate surface area is 131 Å². The predicted molar refractivity (Wildman–Crippen MR) is 87.1 cm³/mol. The molecule has 5 heteroatoms. The molecule has 4 N–H and O–H groups in total. The molecule has 0 bridgehead atoms. The average Bonchev–Trinajstić information content (AvgIpc) is 2.42. The van der Waals surface area contributed by atoms with Gasteiger partial charge in [0.05, 0.1) is 6.04 Å². The number of amides is 2. The van der Waals surface area contributed by atoms with E-state index in [-0.39, 0.29) is 23.7 Å². The van der Waals surface area contributed by atoms with Crippen LogP contribution in [0.25, 0.3) is 0 Å². The topological polar surface area (TPSA) is 84.2 Å². The number of carbonyl (C=O) groups excluding carboxylic acids is 2. The third kappa shape index (κ3) is 4.31. The van der Waals surface area contributed by atoms with Crippen molar-refractivity contribution < 1.29 is 9.59 Å². The Bertz CT molecular complexity index is 538. The summed E-state index contributed by atoms with van der Waals surface area (Å²) in [7, 11) is 0. The smallest absolute Gasteiger partial charge is 0.237 e. The van der Waals surface area contributed by atoms with Crippen LogP contribution in [0.2, 0.25) is 0 Å². The molecule has 5 nitrogen and oxygen atoms in total. The lowest BCUT2D eigenvalue weighted by molar-refractivity contribution is -0.123. The number of hydrogen-bond acceptors (Lipinski definition) is 3. The summed E-state index contributed by atoms with van der Waals surface area (Å²) in [5.74, 6) is 0.202. The van der Waals surface area contributed by atoms with E-state index in [1.165, 1.54) is 0 Å². The van der Waals surface area contributed by atoms with Crippen LogP contribution in [0.4, 0.5) is 5.69 Å². The predicted octanol–water partition coefficient (Wildman–Crippen LogP) is 2.02. The molecule has 0 spiro atoms. The number of benzene rings is 1. The summed E-state index contributed by atoms with van der Waals surface area (Å²) in [5.41, 5.74) is 7.52. The zero-order valence-electron chi connectivity index (χ0n) is 13.3. The van der Waals surface area contributed by atoms with Gasteiger partial charge in [-0.3, -0.25) is 9.59 Å². The average molecular weight is 303 g/mol. The van der Waals surface area contributed by atoms with Crippen molar-refractivity contribution in [1.82, 2.24) is 5.32 Å². The molecule has 0 saturated heterocycles. The summed E-state index contributed by atoms with van der Waals surface area (Å²) in [6, 6.07) is 7.04. The number of nitrogens with two attached hydrogens (primary N) is 1. The molecule has 2 amide bonds. The molecule has 1 fully saturated rings. The SMILES string of the molecule is CC(C)[C@H](N)C(=O)NCc1cccc(NC(=O)C2CCC2)c1. The van der Waals surface area contributed by atoms with E-state index >= 15 is 0 Å². The molecule has 1 aliphatic carbocycles. The standard InChI is InChI=1S/C17H25N3O2/c1-11(2)15(18)17(22)19-10-12-5-3-8-14(9-12)20-16(21)13-6-4-7-13/h3,5,8-9,11,13,15H,4,6-7,10,18H2,1-2H3,(H,19,22)(H,20,21)/t15-/m0/s1. The molecule has 2 rings (SSSR count). The Morgan fingerprint density at radius 1 is 1.32 bits per heavy atom. The minimum Gasteiger partial charge on any atom is -0.351 e. The van der Waals surface area contributed by atoms with Gasteiger partial charge in [-0.05, 0) is 36.5 Å². The van der Waals surface area contributed by atoms with Crippen molar-refractivity contribution in [3.8, 4) is 0 Å². The molecular weight excluding hydrogens is 278 g/mol. The van der Waals surface area contributed by atoms with E-state index in [0.29, 0.717) is 6.54 Å². The van der Waals surface area contributed by atoms with Gasteiger partial charge in [-0.1, -0.05) is 32.4 Å². The van der Waals surface area contributed by atoms with Gasteiger partial charge in [-0.2, -0.15) is 0 Å². The van der Waals surface area contributed by atoms with E-state index in [0.717, 1.165) is 30.5 Å². The van der Waals surface area contributed by atoms with Crippen molar-refractivity contribution in [3.05, 3.63) is 29.8 Å². The minimum atomic E-state index is -0.499. The summed E-state index contributed by atoms with van der Waals surface area (Å²) in [5, 5.41) is 5.77. The molecule has 1 atom stereocenters. The quantitative estimate of drug-likeness (QED) is 0.751. The van der Waals surface area contributed by atoms with Crippen molar-refractivity contribution in [2.75, 3.05) is 5.32 Å². The Morgan fingerprint density at radius 2 is 2.05 bits per heavy atom. The van der Waals surface area contributed by atoms with Crippen LogP contribution in [0.15, 0.2) is 24.3 Å². The first kappa shape index (κ1) is 16.5. The number of nitrogens with one attached hydrogen (secondary N) is 2. The minimum absolute atomic E-state index is 0.0919. The van der Waals surface area contributed by atoms with E-state index in [1.54, 1.807) is 0 Å². The fourth-order valence-electron chi connectivity index (χ4n) is 2.28. The first-order chi connectivity index (χ1) is 10.5. The van der Waals surface area contributed by atoms with Gasteiger partial charge in [0, 0.05) is 18.2 Å². The first-order valence-electron chi connectivity index (χ1n) is 7.90. The van der Waals surface area contributed by atoms with E-state index in [4.69, 9.17) is 5.73 Å². The van der Waals surface area contributed by atoms with Gasteiger partial charge in [0.15, 0.2) is 0 Å². The second-order valence-electron chi connectivity index (χ2n) is 6.31. The van der Waals surface area contributed by atoms with Crippen LogP contribution in [0.3, 0.4) is 0 Å². The van der Waals surface area contributed by atoms with E-state index in [1.807, 2.05) is 38.1 Å². The van der Waals surface area contributed by atoms with Crippen molar-refractivity contribution >= 4 is 17.5 Å². The van der Waals surface area contributed by atoms with Crippen LogP contribution in [0.1, 0.15) is 38.7 Å². The van der Waals surface area contributed by atoms with Crippen LogP contribution in [-0.4, -0.2) is 17.9 Å². The van der Waals surface area contributed by atoms with Crippen LogP contribution < -0.4 is 16.4 Å². The molecule has 1 saturated carbocycles. The van der Waals surface area contributed by atoms with Crippen LogP contribution in [0, 0.1) is 11.8 Å². The number of rotatable bonds is 6. The van der Waals surface area contributed by atoms with Crippen molar-refractivity contribution in [1.29, 1.82) is 0 Å². The largest absolute Gasteiger partial charge is 0.351 e. The zero-order valence-corrected chi connectivity index (χ0v) is 13.3. The van der Waals surface area contributed by atoms with Crippen molar-refractivity contribution in [3.63, 3.8) is 0 Å². The third-order valence-corrected chi connectivity index (χ3v) is 4.16. The van der Waals surface area contributed by atoms with Gasteiger partial charge in [0.1, 0.15) is 0 Å². The highest BCUT2D eigenvalue weighted by Crippen LogP contribution is 2.27. The summed E-state index contributed by atoms with van der Waals surface area (Å²) >= 11 is 0. The molecule has 0 heterocycles. The monoisotopic (exact) mass is 303 g/mol. The lowest BCUT2D eigenvalue weighted by atomic mass is 9.85. The second kappa shape index (κ2) is 7.40. The molecule has 0 unspecified atom stereocenters. The zero-order chi connectivity index (χ0) is 16.1. The third-order valence-electron chi connectivity index (χ3n) is 4.16. The Kier molecular flexibility index (Phi) is 5.55. The fourth-order valence-corrected chi connectivity index (χ4v) is 2.28. The molecule has 1 aromatic carbocycles.